The standard InChI is InChI=1S/C26H32FN3O2/c1-28(2)25-18-29(17-24(25)27)21-10-12-22(13-11-21)30-14-6-9-20(26(30)32)16-23(31)15-19-7-4-3-5-8-19/h3-5,7-8,10-13,20,24-25H,6,9,14-18H2,1-2H3/t20-,24?,25?/m0/s1. The number of carbonyl (C=O) groups is 2. The van der Waals surface area contributed by atoms with Crippen molar-refractivity contribution >= 4 is 23.1 Å². The molecule has 2 fully saturated rings. The molecule has 2 aliphatic heterocycles. The molecule has 0 bridgehead atoms. The van der Waals surface area contributed by atoms with Gasteiger partial charge in [-0.25, -0.2) is 4.39 Å². The maximum atomic E-state index is 14.3. The van der Waals surface area contributed by atoms with E-state index in [2.05, 4.69) is 4.90 Å². The number of halogens is 1. The number of alkyl halides is 1. The first-order chi connectivity index (χ1) is 15.4. The molecule has 3 atom stereocenters. The second-order valence-corrected chi connectivity index (χ2v) is 9.20. The Balaban J connectivity index is 1.38. The summed E-state index contributed by atoms with van der Waals surface area (Å²) in [6.45, 7) is 1.71. The number of benzene rings is 2. The third-order valence-corrected chi connectivity index (χ3v) is 6.68. The summed E-state index contributed by atoms with van der Waals surface area (Å²) in [6.07, 6.45) is 1.43. The minimum Gasteiger partial charge on any atom is -0.367 e. The van der Waals surface area contributed by atoms with E-state index in [1.54, 1.807) is 4.90 Å². The van der Waals surface area contributed by atoms with Crippen LogP contribution < -0.4 is 9.80 Å². The van der Waals surface area contributed by atoms with E-state index in [1.165, 1.54) is 0 Å². The summed E-state index contributed by atoms with van der Waals surface area (Å²) in [7, 11) is 3.82. The van der Waals surface area contributed by atoms with E-state index in [0.717, 1.165) is 29.8 Å². The van der Waals surface area contributed by atoms with E-state index in [-0.39, 0.29) is 23.7 Å². The Morgan fingerprint density at radius 2 is 1.72 bits per heavy atom. The highest BCUT2D eigenvalue weighted by Gasteiger charge is 2.35. The normalized spacial score (nSPS) is 23.8. The Morgan fingerprint density at radius 3 is 2.38 bits per heavy atom. The van der Waals surface area contributed by atoms with Crippen LogP contribution in [0.5, 0.6) is 0 Å². The van der Waals surface area contributed by atoms with E-state index in [4.69, 9.17) is 0 Å². The van der Waals surface area contributed by atoms with Crippen LogP contribution in [0.1, 0.15) is 24.8 Å². The zero-order valence-corrected chi connectivity index (χ0v) is 18.9. The Hall–Kier alpha value is -2.73. The molecule has 2 heterocycles. The van der Waals surface area contributed by atoms with E-state index in [9.17, 15) is 14.0 Å². The molecule has 2 saturated heterocycles. The van der Waals surface area contributed by atoms with E-state index in [0.29, 0.717) is 32.5 Å². The van der Waals surface area contributed by atoms with Crippen molar-refractivity contribution in [2.75, 3.05) is 43.5 Å². The Kier molecular flexibility index (Phi) is 6.89. The molecule has 2 aromatic rings. The van der Waals surface area contributed by atoms with Gasteiger partial charge >= 0.3 is 0 Å². The van der Waals surface area contributed by atoms with Crippen LogP contribution in [0, 0.1) is 5.92 Å². The smallest absolute Gasteiger partial charge is 0.230 e. The summed E-state index contributed by atoms with van der Waals surface area (Å²) in [5, 5.41) is 0. The van der Waals surface area contributed by atoms with Crippen LogP contribution in [0.3, 0.4) is 0 Å². The number of anilines is 2. The average molecular weight is 438 g/mol. The Bertz CT molecular complexity index is 932. The summed E-state index contributed by atoms with van der Waals surface area (Å²) in [5.74, 6) is -0.119. The van der Waals surface area contributed by atoms with Gasteiger partial charge in [-0.1, -0.05) is 30.3 Å². The molecule has 0 spiro atoms. The number of hydrogen-bond acceptors (Lipinski definition) is 4. The maximum Gasteiger partial charge on any atom is 0.230 e. The third kappa shape index (κ3) is 5.01. The van der Waals surface area contributed by atoms with Crippen molar-refractivity contribution in [1.29, 1.82) is 0 Å². The van der Waals surface area contributed by atoms with Crippen molar-refractivity contribution in [1.82, 2.24) is 4.90 Å². The van der Waals surface area contributed by atoms with Gasteiger partial charge in [-0.15, -0.1) is 0 Å². The molecular formula is C26H32FN3O2. The van der Waals surface area contributed by atoms with Crippen molar-refractivity contribution < 1.29 is 14.0 Å². The van der Waals surface area contributed by atoms with Crippen molar-refractivity contribution in [3.05, 3.63) is 60.2 Å². The molecule has 1 amide bonds. The Morgan fingerprint density at radius 1 is 1.03 bits per heavy atom. The fourth-order valence-corrected chi connectivity index (χ4v) is 4.85. The first kappa shape index (κ1) is 22.5. The zero-order chi connectivity index (χ0) is 22.7. The van der Waals surface area contributed by atoms with Gasteiger partial charge in [-0.2, -0.15) is 0 Å². The molecule has 0 N–H and O–H groups in total. The van der Waals surface area contributed by atoms with Gasteiger partial charge in [-0.3, -0.25) is 9.59 Å². The topological polar surface area (TPSA) is 43.9 Å². The molecule has 0 aromatic heterocycles. The SMILES string of the molecule is CN(C)C1CN(c2ccc(N3CCC[C@@H](CC(=O)Cc4ccccc4)C3=O)cc2)CC1F. The van der Waals surface area contributed by atoms with Gasteiger partial charge in [-0.05, 0) is 56.8 Å². The van der Waals surface area contributed by atoms with Crippen LogP contribution in [-0.4, -0.2) is 62.5 Å². The summed E-state index contributed by atoms with van der Waals surface area (Å²) in [5.41, 5.74) is 2.81. The van der Waals surface area contributed by atoms with Crippen LogP contribution in [0.2, 0.25) is 0 Å². The van der Waals surface area contributed by atoms with Crippen molar-refractivity contribution in [3.63, 3.8) is 0 Å². The van der Waals surface area contributed by atoms with Crippen molar-refractivity contribution in [2.45, 2.75) is 37.9 Å². The number of hydrogen-bond donors (Lipinski definition) is 0. The van der Waals surface area contributed by atoms with Crippen molar-refractivity contribution in [2.24, 2.45) is 5.92 Å². The summed E-state index contributed by atoms with van der Waals surface area (Å²) in [4.78, 5) is 31.5. The molecule has 2 unspecified atom stereocenters. The lowest BCUT2D eigenvalue weighted by Crippen LogP contribution is -2.42. The Labute approximate surface area is 189 Å². The summed E-state index contributed by atoms with van der Waals surface area (Å²) >= 11 is 0. The molecule has 2 aliphatic rings. The van der Waals surface area contributed by atoms with Crippen LogP contribution in [0.15, 0.2) is 54.6 Å². The first-order valence-corrected chi connectivity index (χ1v) is 11.4. The number of Topliss-reactive ketones (excluding diaryl/α,β-unsaturated/α-hetero) is 1. The molecule has 5 nitrogen and oxygen atoms in total. The van der Waals surface area contributed by atoms with Gasteiger partial charge in [0.25, 0.3) is 0 Å². The molecule has 4 rings (SSSR count). The van der Waals surface area contributed by atoms with Gasteiger partial charge in [0.15, 0.2) is 0 Å². The lowest BCUT2D eigenvalue weighted by atomic mass is 9.90. The minimum absolute atomic E-state index is 0.0306. The maximum absolute atomic E-state index is 14.3. The molecule has 0 radical (unpaired) electrons. The highest BCUT2D eigenvalue weighted by atomic mass is 19.1. The quantitative estimate of drug-likeness (QED) is 0.662. The number of carbonyl (C=O) groups excluding carboxylic acids is 2. The molecule has 32 heavy (non-hydrogen) atoms. The van der Waals surface area contributed by atoms with Crippen LogP contribution in [0.25, 0.3) is 0 Å². The summed E-state index contributed by atoms with van der Waals surface area (Å²) in [6, 6.07) is 17.4. The molecule has 0 aliphatic carbocycles. The van der Waals surface area contributed by atoms with E-state index in [1.807, 2.05) is 73.6 Å². The minimum atomic E-state index is -0.873. The van der Waals surface area contributed by atoms with E-state index < -0.39 is 6.17 Å². The zero-order valence-electron chi connectivity index (χ0n) is 18.9. The number of amides is 1. The largest absolute Gasteiger partial charge is 0.367 e. The van der Waals surface area contributed by atoms with Crippen LogP contribution in [0.4, 0.5) is 15.8 Å². The average Bonchev–Trinajstić information content (AvgIpc) is 3.18. The predicted octanol–water partition coefficient (Wildman–Crippen LogP) is 3.72. The second kappa shape index (κ2) is 9.82. The number of rotatable bonds is 7. The van der Waals surface area contributed by atoms with Gasteiger partial charge in [0.2, 0.25) is 5.91 Å². The first-order valence-electron chi connectivity index (χ1n) is 11.4. The highest BCUT2D eigenvalue weighted by Crippen LogP contribution is 2.30. The lowest BCUT2D eigenvalue weighted by Gasteiger charge is -2.32. The van der Waals surface area contributed by atoms with Crippen molar-refractivity contribution in [3.8, 4) is 0 Å². The highest BCUT2D eigenvalue weighted by molar-refractivity contribution is 5.98. The second-order valence-electron chi connectivity index (χ2n) is 9.20. The number of likely N-dealkylation sites (N-methyl/N-ethyl adjacent to an activating group) is 1. The lowest BCUT2D eigenvalue weighted by molar-refractivity contribution is -0.128. The molecule has 2 aromatic carbocycles. The number of ketones is 1. The number of piperidine rings is 1. The fourth-order valence-electron chi connectivity index (χ4n) is 4.85. The van der Waals surface area contributed by atoms with E-state index >= 15 is 0 Å². The van der Waals surface area contributed by atoms with Gasteiger partial charge in [0, 0.05) is 43.2 Å². The molecule has 0 saturated carbocycles. The predicted molar refractivity (Wildman–Crippen MR) is 126 cm³/mol. The third-order valence-electron chi connectivity index (χ3n) is 6.68. The van der Waals surface area contributed by atoms with Gasteiger partial charge in [0.05, 0.1) is 12.6 Å². The van der Waals surface area contributed by atoms with Crippen LogP contribution >= 0.6 is 0 Å². The molecule has 170 valence electrons. The van der Waals surface area contributed by atoms with Gasteiger partial charge < -0.3 is 14.7 Å². The number of nitrogens with zero attached hydrogens (tertiary/aromatic N) is 3. The van der Waals surface area contributed by atoms with Crippen LogP contribution in [-0.2, 0) is 16.0 Å². The summed E-state index contributed by atoms with van der Waals surface area (Å²) < 4.78 is 14.3. The fraction of sp³-hybridized carbons (Fsp3) is 0.462. The monoisotopic (exact) mass is 437 g/mol. The molecule has 6 heteroatoms. The van der Waals surface area contributed by atoms with Gasteiger partial charge in [0.1, 0.15) is 12.0 Å². The molecular weight excluding hydrogens is 405 g/mol.